The van der Waals surface area contributed by atoms with E-state index >= 15 is 0 Å². The summed E-state index contributed by atoms with van der Waals surface area (Å²) < 4.78 is 17.9. The lowest BCUT2D eigenvalue weighted by Crippen LogP contribution is -2.42. The largest absolute Gasteiger partial charge is 0.508 e. The van der Waals surface area contributed by atoms with Gasteiger partial charge in [0, 0.05) is 25.4 Å². The number of aromatic nitrogens is 2. The average Bonchev–Trinajstić information content (AvgIpc) is 3.01. The molecule has 2 heterocycles. The van der Waals surface area contributed by atoms with Crippen LogP contribution in [0.1, 0.15) is 22.1 Å². The summed E-state index contributed by atoms with van der Waals surface area (Å²) in [6.07, 6.45) is -4.08. The maximum Gasteiger partial charge on any atom is 0.342 e. The molecule has 3 rings (SSSR count). The summed E-state index contributed by atoms with van der Waals surface area (Å²) in [5.41, 5.74) is -0.884. The quantitative estimate of drug-likeness (QED) is 0.518. The van der Waals surface area contributed by atoms with E-state index in [1.165, 1.54) is 26.3 Å². The first-order valence-electron chi connectivity index (χ1n) is 9.00. The zero-order valence-corrected chi connectivity index (χ0v) is 16.5. The van der Waals surface area contributed by atoms with Crippen LogP contribution in [0.25, 0.3) is 0 Å². The number of carbonyl (C=O) groups excluding carboxylic acids is 1. The molecular weight excluding hydrogens is 400 g/mol. The van der Waals surface area contributed by atoms with Crippen LogP contribution in [-0.4, -0.2) is 62.5 Å². The molecule has 1 fully saturated rings. The third kappa shape index (κ3) is 3.70. The van der Waals surface area contributed by atoms with Crippen LogP contribution in [0.2, 0.25) is 0 Å². The van der Waals surface area contributed by atoms with E-state index in [-0.39, 0.29) is 17.1 Å². The van der Waals surface area contributed by atoms with Gasteiger partial charge in [0.25, 0.3) is 5.56 Å². The molecule has 30 heavy (non-hydrogen) atoms. The van der Waals surface area contributed by atoms with Crippen molar-refractivity contribution in [1.82, 2.24) is 9.13 Å². The third-order valence-corrected chi connectivity index (χ3v) is 4.93. The van der Waals surface area contributed by atoms with Gasteiger partial charge in [-0.3, -0.25) is 13.9 Å². The van der Waals surface area contributed by atoms with Gasteiger partial charge in [0.2, 0.25) is 0 Å². The van der Waals surface area contributed by atoms with Crippen molar-refractivity contribution in [3.8, 4) is 11.5 Å². The summed E-state index contributed by atoms with van der Waals surface area (Å²) in [4.78, 5) is 36.7. The van der Waals surface area contributed by atoms with Gasteiger partial charge in [0.1, 0.15) is 29.3 Å². The molecule has 1 saturated heterocycles. The Hall–Kier alpha value is -3.15. The average molecular weight is 422 g/mol. The number of carbonyl (C=O) groups is 1. The first-order valence-corrected chi connectivity index (χ1v) is 9.00. The van der Waals surface area contributed by atoms with E-state index in [9.17, 15) is 29.7 Å². The van der Waals surface area contributed by atoms with Crippen LogP contribution in [0.4, 0.5) is 0 Å². The molecule has 11 nitrogen and oxygen atoms in total. The summed E-state index contributed by atoms with van der Waals surface area (Å²) in [7, 11) is 2.58. The zero-order valence-electron chi connectivity index (χ0n) is 16.5. The second kappa shape index (κ2) is 8.30. The van der Waals surface area contributed by atoms with E-state index in [4.69, 9.17) is 14.2 Å². The van der Waals surface area contributed by atoms with Crippen LogP contribution < -0.4 is 16.0 Å². The first-order chi connectivity index (χ1) is 14.2. The van der Waals surface area contributed by atoms with Crippen molar-refractivity contribution >= 4 is 5.97 Å². The molecule has 0 aliphatic carbocycles. The SMILES string of the molecule is COc1cc(O)cc(C)c1C(=O)OC1C(CO)OC(n2ccc(=O)n(C)c2=O)C1O. The number of rotatable bonds is 5. The van der Waals surface area contributed by atoms with Crippen LogP contribution in [0, 0.1) is 6.92 Å². The second-order valence-corrected chi connectivity index (χ2v) is 6.85. The highest BCUT2D eigenvalue weighted by Crippen LogP contribution is 2.33. The Morgan fingerprint density at radius 1 is 1.30 bits per heavy atom. The molecule has 1 aliphatic rings. The smallest absolute Gasteiger partial charge is 0.342 e. The maximum atomic E-state index is 12.8. The minimum atomic E-state index is -1.51. The first kappa shape index (κ1) is 21.6. The Kier molecular flexibility index (Phi) is 5.97. The number of ether oxygens (including phenoxy) is 3. The Balaban J connectivity index is 1.92. The monoisotopic (exact) mass is 422 g/mol. The molecule has 0 radical (unpaired) electrons. The minimum Gasteiger partial charge on any atom is -0.508 e. The molecule has 2 aromatic rings. The van der Waals surface area contributed by atoms with Gasteiger partial charge in [-0.2, -0.15) is 0 Å². The van der Waals surface area contributed by atoms with Gasteiger partial charge in [0.15, 0.2) is 12.3 Å². The van der Waals surface area contributed by atoms with E-state index in [1.807, 2.05) is 0 Å². The van der Waals surface area contributed by atoms with Gasteiger partial charge in [-0.25, -0.2) is 9.59 Å². The fourth-order valence-electron chi connectivity index (χ4n) is 3.36. The van der Waals surface area contributed by atoms with Crippen LogP contribution in [0.5, 0.6) is 11.5 Å². The number of aliphatic hydroxyl groups is 2. The lowest BCUT2D eigenvalue weighted by molar-refractivity contribution is -0.0568. The predicted molar refractivity (Wildman–Crippen MR) is 102 cm³/mol. The lowest BCUT2D eigenvalue weighted by atomic mass is 10.1. The second-order valence-electron chi connectivity index (χ2n) is 6.85. The van der Waals surface area contributed by atoms with Crippen molar-refractivity contribution in [3.63, 3.8) is 0 Å². The highest BCUT2D eigenvalue weighted by atomic mass is 16.6. The molecule has 1 aromatic heterocycles. The van der Waals surface area contributed by atoms with Crippen molar-refractivity contribution in [2.75, 3.05) is 13.7 Å². The number of hydrogen-bond donors (Lipinski definition) is 3. The standard InChI is InChI=1S/C19H22N2O9/c1-9-6-10(23)7-11(28-3)14(9)18(26)30-16-12(8-22)29-17(15(16)25)21-5-4-13(24)20(2)19(21)27/h4-7,12,15-17,22-23,25H,8H2,1-3H3. The lowest BCUT2D eigenvalue weighted by Gasteiger charge is -2.21. The van der Waals surface area contributed by atoms with Gasteiger partial charge >= 0.3 is 11.7 Å². The molecule has 162 valence electrons. The zero-order chi connectivity index (χ0) is 22.2. The fourth-order valence-corrected chi connectivity index (χ4v) is 3.36. The van der Waals surface area contributed by atoms with Gasteiger partial charge in [0.05, 0.1) is 13.7 Å². The summed E-state index contributed by atoms with van der Waals surface area (Å²) in [5.74, 6) is -0.909. The highest BCUT2D eigenvalue weighted by molar-refractivity contribution is 5.94. The molecule has 4 unspecified atom stereocenters. The Bertz CT molecular complexity index is 1070. The molecule has 3 N–H and O–H groups in total. The van der Waals surface area contributed by atoms with Crippen molar-refractivity contribution in [2.45, 2.75) is 31.5 Å². The van der Waals surface area contributed by atoms with Crippen LogP contribution in [0.3, 0.4) is 0 Å². The molecule has 4 atom stereocenters. The molecule has 0 bridgehead atoms. The van der Waals surface area contributed by atoms with Crippen molar-refractivity contribution < 1.29 is 34.3 Å². The highest BCUT2D eigenvalue weighted by Gasteiger charge is 2.47. The van der Waals surface area contributed by atoms with Crippen LogP contribution in [-0.2, 0) is 16.5 Å². The number of phenols is 1. The number of hydrogen-bond acceptors (Lipinski definition) is 9. The number of aryl methyl sites for hydroxylation is 1. The van der Waals surface area contributed by atoms with E-state index in [0.29, 0.717) is 5.56 Å². The molecule has 11 heteroatoms. The Morgan fingerprint density at radius 2 is 2.00 bits per heavy atom. The molecule has 0 amide bonds. The van der Waals surface area contributed by atoms with E-state index in [1.54, 1.807) is 6.92 Å². The Labute approximate surface area is 170 Å². The normalized spacial score (nSPS) is 23.4. The Morgan fingerprint density at radius 3 is 2.63 bits per heavy atom. The van der Waals surface area contributed by atoms with Gasteiger partial charge in [-0.15, -0.1) is 0 Å². The summed E-state index contributed by atoms with van der Waals surface area (Å²) in [6.45, 7) is 0.967. The number of benzene rings is 1. The number of aromatic hydroxyl groups is 1. The molecule has 1 aromatic carbocycles. The topological polar surface area (TPSA) is 149 Å². The van der Waals surface area contributed by atoms with Gasteiger partial charge in [-0.1, -0.05) is 0 Å². The predicted octanol–water partition coefficient (Wildman–Crippen LogP) is -0.954. The van der Waals surface area contributed by atoms with Gasteiger partial charge in [-0.05, 0) is 18.6 Å². The minimum absolute atomic E-state index is 0.0296. The molecule has 0 spiro atoms. The van der Waals surface area contributed by atoms with Crippen LogP contribution in [0.15, 0.2) is 34.0 Å². The number of methoxy groups -OCH3 is 1. The fraction of sp³-hybridized carbons (Fsp3) is 0.421. The molecular formula is C19H22N2O9. The summed E-state index contributed by atoms with van der Waals surface area (Å²) in [6, 6.07) is 3.70. The van der Waals surface area contributed by atoms with E-state index < -0.39 is 48.4 Å². The number of esters is 1. The maximum absolute atomic E-state index is 12.8. The number of nitrogens with zero attached hydrogens (tertiary/aromatic N) is 2. The van der Waals surface area contributed by atoms with Gasteiger partial charge < -0.3 is 29.5 Å². The summed E-state index contributed by atoms with van der Waals surface area (Å²) in [5, 5.41) is 30.0. The third-order valence-electron chi connectivity index (χ3n) is 4.93. The molecule has 1 aliphatic heterocycles. The number of aliphatic hydroxyl groups excluding tert-OH is 2. The number of phenolic OH excluding ortho intramolecular Hbond substituents is 1. The molecule has 0 saturated carbocycles. The summed E-state index contributed by atoms with van der Waals surface area (Å²) >= 11 is 0. The van der Waals surface area contributed by atoms with Crippen molar-refractivity contribution in [1.29, 1.82) is 0 Å². The van der Waals surface area contributed by atoms with Crippen LogP contribution >= 0.6 is 0 Å². The van der Waals surface area contributed by atoms with E-state index in [2.05, 4.69) is 0 Å². The van der Waals surface area contributed by atoms with Crippen molar-refractivity contribution in [3.05, 3.63) is 56.4 Å². The van der Waals surface area contributed by atoms with Crippen molar-refractivity contribution in [2.24, 2.45) is 7.05 Å². The van der Waals surface area contributed by atoms with E-state index in [0.717, 1.165) is 21.4 Å².